The average Bonchev–Trinajstić information content (AvgIpc) is 3.26. The fourth-order valence-electron chi connectivity index (χ4n) is 4.86. The van der Waals surface area contributed by atoms with Crippen molar-refractivity contribution in [2.24, 2.45) is 0 Å². The molecule has 34 heavy (non-hydrogen) atoms. The number of ether oxygens (including phenoxy) is 1. The van der Waals surface area contributed by atoms with Crippen molar-refractivity contribution < 1.29 is 29.2 Å². The third-order valence-electron chi connectivity index (χ3n) is 6.61. The molecule has 3 heterocycles. The van der Waals surface area contributed by atoms with Gasteiger partial charge < -0.3 is 25.4 Å². The van der Waals surface area contributed by atoms with Gasteiger partial charge in [-0.1, -0.05) is 24.3 Å². The first-order chi connectivity index (χ1) is 16.1. The maximum atomic E-state index is 13.8. The minimum Gasteiger partial charge on any atom is -0.482 e. The average molecular weight is 467 g/mol. The second-order valence-corrected chi connectivity index (χ2v) is 9.57. The number of carbonyl (C=O) groups excluding carboxylic acids is 1. The summed E-state index contributed by atoms with van der Waals surface area (Å²) < 4.78 is 20.0. The Kier molecular flexibility index (Phi) is 5.56. The first kappa shape index (κ1) is 22.7. The van der Waals surface area contributed by atoms with E-state index < -0.39 is 29.7 Å². The van der Waals surface area contributed by atoms with Crippen molar-refractivity contribution in [2.75, 3.05) is 18.4 Å². The third kappa shape index (κ3) is 4.03. The molecule has 2 aromatic carbocycles. The predicted molar refractivity (Wildman–Crippen MR) is 125 cm³/mol. The maximum Gasteiger partial charge on any atom is 0.260 e. The summed E-state index contributed by atoms with van der Waals surface area (Å²) in [6.45, 7) is 4.93. The first-order valence-electron chi connectivity index (χ1n) is 11.2. The highest BCUT2D eigenvalue weighted by molar-refractivity contribution is 6.32. The number of nitrogens with one attached hydrogen (secondary N) is 1. The van der Waals surface area contributed by atoms with Crippen LogP contribution in [0.3, 0.4) is 0 Å². The van der Waals surface area contributed by atoms with Crippen LogP contribution >= 0.6 is 0 Å². The van der Waals surface area contributed by atoms with Crippen molar-refractivity contribution in [3.63, 3.8) is 0 Å². The summed E-state index contributed by atoms with van der Waals surface area (Å²) in [6.07, 6.45) is -1.25. The molecule has 2 aromatic rings. The van der Waals surface area contributed by atoms with Gasteiger partial charge in [0.1, 0.15) is 23.3 Å². The lowest BCUT2D eigenvalue weighted by Gasteiger charge is -2.36. The van der Waals surface area contributed by atoms with E-state index in [2.05, 4.69) is 5.32 Å². The van der Waals surface area contributed by atoms with Gasteiger partial charge in [0.15, 0.2) is 0 Å². The van der Waals surface area contributed by atoms with Gasteiger partial charge in [-0.15, -0.1) is 0 Å². The number of hydrogen-bond acceptors (Lipinski definition) is 6. The highest BCUT2D eigenvalue weighted by atomic mass is 19.1. The van der Waals surface area contributed by atoms with E-state index in [1.807, 2.05) is 49.1 Å². The van der Waals surface area contributed by atoms with Crippen molar-refractivity contribution in [1.82, 2.24) is 4.90 Å². The Morgan fingerprint density at radius 1 is 1.09 bits per heavy atom. The zero-order chi connectivity index (χ0) is 24.2. The van der Waals surface area contributed by atoms with Crippen LogP contribution in [0.1, 0.15) is 30.5 Å². The van der Waals surface area contributed by atoms with Crippen molar-refractivity contribution in [3.8, 4) is 0 Å². The number of hydrogen-bond donors (Lipinski definition) is 4. The molecule has 0 bridgehead atoms. The lowest BCUT2D eigenvalue weighted by molar-refractivity contribution is -0.111. The van der Waals surface area contributed by atoms with Crippen LogP contribution in [-0.2, 0) is 16.1 Å². The molecule has 0 saturated carbocycles. The normalized spacial score (nSPS) is 28.4. The van der Waals surface area contributed by atoms with E-state index in [4.69, 9.17) is 4.74 Å². The second kappa shape index (κ2) is 8.32. The van der Waals surface area contributed by atoms with Gasteiger partial charge in [0.25, 0.3) is 5.91 Å². The summed E-state index contributed by atoms with van der Waals surface area (Å²) in [7, 11) is 0. The lowest BCUT2D eigenvalue weighted by Crippen LogP contribution is -2.54. The number of piperidine rings is 1. The van der Waals surface area contributed by atoms with Crippen molar-refractivity contribution in [2.45, 2.75) is 44.3 Å². The second-order valence-electron chi connectivity index (χ2n) is 9.57. The number of carbonyl (C=O) groups is 1. The van der Waals surface area contributed by atoms with Crippen LogP contribution in [0.4, 0.5) is 10.1 Å². The number of aliphatic hydroxyl groups excluding tert-OH is 3. The first-order valence-corrected chi connectivity index (χ1v) is 11.2. The van der Waals surface area contributed by atoms with Crippen LogP contribution in [0.2, 0.25) is 0 Å². The van der Waals surface area contributed by atoms with Crippen LogP contribution in [0.5, 0.6) is 0 Å². The van der Waals surface area contributed by atoms with E-state index in [-0.39, 0.29) is 19.0 Å². The Hall–Kier alpha value is -3.04. The van der Waals surface area contributed by atoms with Crippen molar-refractivity contribution in [1.29, 1.82) is 0 Å². The van der Waals surface area contributed by atoms with Crippen LogP contribution in [0.25, 0.3) is 11.1 Å². The van der Waals surface area contributed by atoms with Gasteiger partial charge in [-0.3, -0.25) is 9.69 Å². The van der Waals surface area contributed by atoms with Crippen LogP contribution in [0.15, 0.2) is 54.3 Å². The number of likely N-dealkylation sites (tertiary alicyclic amines) is 1. The third-order valence-corrected chi connectivity index (χ3v) is 6.61. The molecule has 8 heteroatoms. The number of benzene rings is 2. The molecule has 3 atom stereocenters. The number of nitrogens with zero attached hydrogens (tertiary/aromatic N) is 1. The SMILES string of the molecule is CC1(C)O/C(=C2/C(=O)Nc3ccc(F)cc32)C=C1c1ccc(CN2C[C@@H](O)[C@@H](O)[C@@H](O)C2)cc1. The molecule has 5 rings (SSSR count). The molecular weight excluding hydrogens is 439 g/mol. The highest BCUT2D eigenvalue weighted by Gasteiger charge is 2.38. The molecule has 0 unspecified atom stereocenters. The quantitative estimate of drug-likeness (QED) is 0.518. The zero-order valence-corrected chi connectivity index (χ0v) is 19.0. The van der Waals surface area contributed by atoms with Crippen molar-refractivity contribution in [3.05, 3.63) is 76.8 Å². The zero-order valence-electron chi connectivity index (χ0n) is 19.0. The van der Waals surface area contributed by atoms with E-state index in [0.29, 0.717) is 29.1 Å². The summed E-state index contributed by atoms with van der Waals surface area (Å²) in [5.74, 6) is -0.343. The summed E-state index contributed by atoms with van der Waals surface area (Å²) in [5, 5.41) is 32.3. The minimum absolute atomic E-state index is 0.285. The van der Waals surface area contributed by atoms with Gasteiger partial charge in [-0.2, -0.15) is 0 Å². The molecule has 3 aliphatic heterocycles. The minimum atomic E-state index is -1.12. The number of halogens is 1. The fourth-order valence-corrected chi connectivity index (χ4v) is 4.86. The number of β-amino-alcohol motifs (C(OH)–C–C–N with tert-alkyl or cyclic N) is 2. The monoisotopic (exact) mass is 466 g/mol. The summed E-state index contributed by atoms with van der Waals surface area (Å²) in [6, 6.07) is 12.0. The number of allylic oxidation sites excluding steroid dienone is 1. The summed E-state index contributed by atoms with van der Waals surface area (Å²) >= 11 is 0. The van der Waals surface area contributed by atoms with Gasteiger partial charge in [-0.25, -0.2) is 4.39 Å². The lowest BCUT2D eigenvalue weighted by atomic mass is 9.91. The van der Waals surface area contributed by atoms with Gasteiger partial charge >= 0.3 is 0 Å². The Labute approximate surface area is 196 Å². The molecule has 178 valence electrons. The van der Waals surface area contributed by atoms with Gasteiger partial charge in [0.05, 0.1) is 17.8 Å². The van der Waals surface area contributed by atoms with Gasteiger partial charge in [0, 0.05) is 36.5 Å². The molecule has 4 N–H and O–H groups in total. The smallest absolute Gasteiger partial charge is 0.260 e. The van der Waals surface area contributed by atoms with E-state index in [1.54, 1.807) is 6.07 Å². The Morgan fingerprint density at radius 2 is 1.76 bits per heavy atom. The molecule has 0 aliphatic carbocycles. The molecule has 1 fully saturated rings. The van der Waals surface area contributed by atoms with E-state index in [0.717, 1.165) is 16.7 Å². The topological polar surface area (TPSA) is 102 Å². The van der Waals surface area contributed by atoms with Crippen LogP contribution < -0.4 is 5.32 Å². The van der Waals surface area contributed by atoms with E-state index >= 15 is 0 Å². The standard InChI is InChI=1S/C26H27FN2O5/c1-26(2)18(10-22(34-26)23-17-9-16(27)7-8-19(17)28-25(23)33)15-5-3-14(4-6-15)11-29-12-20(30)24(32)21(31)13-29/h3-10,20-21,24,30-32H,11-13H2,1-2H3,(H,28,33)/b23-22+/t20-,21+,24-. The van der Waals surface area contributed by atoms with E-state index in [9.17, 15) is 24.5 Å². The molecule has 0 spiro atoms. The number of anilines is 1. The predicted octanol–water partition coefficient (Wildman–Crippen LogP) is 2.28. The molecular formula is C26H27FN2O5. The van der Waals surface area contributed by atoms with Crippen LogP contribution in [0, 0.1) is 5.82 Å². The van der Waals surface area contributed by atoms with Crippen LogP contribution in [-0.4, -0.2) is 63.1 Å². The van der Waals surface area contributed by atoms with E-state index in [1.165, 1.54) is 12.1 Å². The summed E-state index contributed by atoms with van der Waals surface area (Å²) in [4.78, 5) is 14.5. The molecule has 7 nitrogen and oxygen atoms in total. The summed E-state index contributed by atoms with van der Waals surface area (Å²) in [5.41, 5.74) is 3.48. The Morgan fingerprint density at radius 3 is 2.44 bits per heavy atom. The number of amides is 1. The largest absolute Gasteiger partial charge is 0.482 e. The molecule has 3 aliphatic rings. The molecule has 0 aromatic heterocycles. The Balaban J connectivity index is 1.41. The maximum absolute atomic E-state index is 13.8. The number of rotatable bonds is 3. The highest BCUT2D eigenvalue weighted by Crippen LogP contribution is 2.44. The van der Waals surface area contributed by atoms with Crippen molar-refractivity contribution >= 4 is 22.7 Å². The Bertz CT molecular complexity index is 1190. The van der Waals surface area contributed by atoms with Gasteiger partial charge in [-0.05, 0) is 49.2 Å². The fraction of sp³-hybridized carbons (Fsp3) is 0.346. The molecule has 0 radical (unpaired) electrons. The van der Waals surface area contributed by atoms with Gasteiger partial charge in [0.2, 0.25) is 0 Å². The number of fused-ring (bicyclic) bond motifs is 1. The molecule has 1 saturated heterocycles. The number of aliphatic hydroxyl groups is 3. The molecule has 1 amide bonds.